The molecule has 1 aromatic rings. The first-order valence-corrected chi connectivity index (χ1v) is 6.62. The number of aromatic nitrogens is 1. The van der Waals surface area contributed by atoms with Crippen molar-refractivity contribution in [3.05, 3.63) is 16.1 Å². The van der Waals surface area contributed by atoms with Crippen molar-refractivity contribution in [1.29, 1.82) is 0 Å². The maximum Gasteiger partial charge on any atom is 0.319 e. The second kappa shape index (κ2) is 6.12. The maximum absolute atomic E-state index is 11.1. The fourth-order valence-electron chi connectivity index (χ4n) is 1.22. The Morgan fingerprint density at radius 1 is 1.53 bits per heavy atom. The van der Waals surface area contributed by atoms with Crippen LogP contribution in [0, 0.1) is 0 Å². The van der Waals surface area contributed by atoms with Gasteiger partial charge in [0.1, 0.15) is 5.01 Å². The van der Waals surface area contributed by atoms with Gasteiger partial charge < -0.3 is 10.1 Å². The van der Waals surface area contributed by atoms with E-state index in [1.807, 2.05) is 0 Å². The molecule has 1 N–H and O–H groups in total. The van der Waals surface area contributed by atoms with Gasteiger partial charge in [-0.2, -0.15) is 0 Å². The second-order valence-electron chi connectivity index (χ2n) is 4.79. The monoisotopic (exact) mass is 256 g/mol. The number of rotatable bonds is 5. The zero-order chi connectivity index (χ0) is 12.9. The van der Waals surface area contributed by atoms with Crippen LogP contribution < -0.4 is 5.32 Å². The van der Waals surface area contributed by atoms with Crippen LogP contribution in [0.1, 0.15) is 38.4 Å². The summed E-state index contributed by atoms with van der Waals surface area (Å²) in [7, 11) is 0. The van der Waals surface area contributed by atoms with Crippen molar-refractivity contribution in [2.45, 2.75) is 39.7 Å². The molecule has 0 aliphatic rings. The SMILES string of the molecule is CCOC(=O)CNCc1nc(C(C)(C)C)cs1. The van der Waals surface area contributed by atoms with Gasteiger partial charge in [0.15, 0.2) is 0 Å². The first kappa shape index (κ1) is 14.1. The predicted molar refractivity (Wildman–Crippen MR) is 69.2 cm³/mol. The molecule has 96 valence electrons. The van der Waals surface area contributed by atoms with Crippen molar-refractivity contribution in [2.24, 2.45) is 0 Å². The number of nitrogens with zero attached hydrogens (tertiary/aromatic N) is 1. The number of hydrogen-bond acceptors (Lipinski definition) is 5. The minimum Gasteiger partial charge on any atom is -0.465 e. The first-order valence-electron chi connectivity index (χ1n) is 5.74. The fourth-order valence-corrected chi connectivity index (χ4v) is 2.21. The van der Waals surface area contributed by atoms with E-state index in [2.05, 4.69) is 36.5 Å². The summed E-state index contributed by atoms with van der Waals surface area (Å²) in [5.74, 6) is -0.222. The number of carbonyl (C=O) groups is 1. The molecule has 0 amide bonds. The third-order valence-corrected chi connectivity index (χ3v) is 3.02. The van der Waals surface area contributed by atoms with Gasteiger partial charge >= 0.3 is 5.97 Å². The molecule has 0 spiro atoms. The minimum atomic E-state index is -0.222. The van der Waals surface area contributed by atoms with E-state index in [1.54, 1.807) is 18.3 Å². The van der Waals surface area contributed by atoms with Crippen LogP contribution in [0.5, 0.6) is 0 Å². The van der Waals surface area contributed by atoms with Crippen LogP contribution in [-0.4, -0.2) is 24.1 Å². The van der Waals surface area contributed by atoms with E-state index in [0.717, 1.165) is 10.7 Å². The summed E-state index contributed by atoms with van der Waals surface area (Å²) in [4.78, 5) is 15.6. The molecular weight excluding hydrogens is 236 g/mol. The summed E-state index contributed by atoms with van der Waals surface area (Å²) in [5, 5.41) is 6.09. The highest BCUT2D eigenvalue weighted by Crippen LogP contribution is 2.23. The van der Waals surface area contributed by atoms with E-state index >= 15 is 0 Å². The van der Waals surface area contributed by atoms with Gasteiger partial charge in [-0.1, -0.05) is 20.8 Å². The topological polar surface area (TPSA) is 51.2 Å². The lowest BCUT2D eigenvalue weighted by atomic mass is 9.93. The van der Waals surface area contributed by atoms with E-state index < -0.39 is 0 Å². The molecular formula is C12H20N2O2S. The van der Waals surface area contributed by atoms with Crippen LogP contribution in [0.25, 0.3) is 0 Å². The molecule has 0 radical (unpaired) electrons. The Labute approximate surface area is 106 Å². The summed E-state index contributed by atoms with van der Waals surface area (Å²) < 4.78 is 4.82. The number of thiazole rings is 1. The van der Waals surface area contributed by atoms with Crippen LogP contribution in [0.2, 0.25) is 0 Å². The molecule has 0 bridgehead atoms. The lowest BCUT2D eigenvalue weighted by Crippen LogP contribution is -2.24. The Bertz CT molecular complexity index is 369. The highest BCUT2D eigenvalue weighted by atomic mass is 32.1. The lowest BCUT2D eigenvalue weighted by molar-refractivity contribution is -0.142. The Kier molecular flexibility index (Phi) is 5.08. The van der Waals surface area contributed by atoms with Gasteiger partial charge in [0.2, 0.25) is 0 Å². The Hall–Kier alpha value is -0.940. The second-order valence-corrected chi connectivity index (χ2v) is 5.73. The molecule has 5 heteroatoms. The third kappa shape index (κ3) is 4.83. The first-order chi connectivity index (χ1) is 7.93. The van der Waals surface area contributed by atoms with Crippen LogP contribution >= 0.6 is 11.3 Å². The number of hydrogen-bond donors (Lipinski definition) is 1. The van der Waals surface area contributed by atoms with Crippen molar-refractivity contribution in [1.82, 2.24) is 10.3 Å². The molecule has 0 unspecified atom stereocenters. The van der Waals surface area contributed by atoms with Crippen LogP contribution in [0.3, 0.4) is 0 Å². The zero-order valence-corrected chi connectivity index (χ0v) is 11.7. The zero-order valence-electron chi connectivity index (χ0n) is 10.9. The number of esters is 1. The molecule has 0 aromatic carbocycles. The van der Waals surface area contributed by atoms with Crippen LogP contribution in [-0.2, 0) is 21.5 Å². The summed E-state index contributed by atoms with van der Waals surface area (Å²) in [5.41, 5.74) is 1.17. The predicted octanol–water partition coefficient (Wildman–Crippen LogP) is 2.09. The van der Waals surface area contributed by atoms with Gasteiger partial charge in [0.05, 0.1) is 18.8 Å². The van der Waals surface area contributed by atoms with Gasteiger partial charge in [-0.05, 0) is 6.92 Å². The molecule has 0 saturated heterocycles. The van der Waals surface area contributed by atoms with E-state index in [4.69, 9.17) is 4.74 Å². The number of ether oxygens (including phenoxy) is 1. The maximum atomic E-state index is 11.1. The number of nitrogens with one attached hydrogen (secondary N) is 1. The van der Waals surface area contributed by atoms with Gasteiger partial charge in [-0.25, -0.2) is 4.98 Å². The normalized spacial score (nSPS) is 11.5. The Balaban J connectivity index is 2.38. The van der Waals surface area contributed by atoms with Crippen molar-refractivity contribution in [3.63, 3.8) is 0 Å². The molecule has 1 heterocycles. The lowest BCUT2D eigenvalue weighted by Gasteiger charge is -2.14. The standard InChI is InChI=1S/C12H20N2O2S/c1-5-16-11(15)7-13-6-10-14-9(8-17-10)12(2,3)4/h8,13H,5-7H2,1-4H3. The van der Waals surface area contributed by atoms with Gasteiger partial charge in [0.25, 0.3) is 0 Å². The molecule has 0 fully saturated rings. The Morgan fingerprint density at radius 3 is 2.76 bits per heavy atom. The molecule has 0 saturated carbocycles. The number of carbonyl (C=O) groups excluding carboxylic acids is 1. The van der Waals surface area contributed by atoms with E-state index in [0.29, 0.717) is 13.2 Å². The molecule has 0 aliphatic heterocycles. The van der Waals surface area contributed by atoms with E-state index in [1.165, 1.54) is 0 Å². The highest BCUT2D eigenvalue weighted by molar-refractivity contribution is 7.09. The highest BCUT2D eigenvalue weighted by Gasteiger charge is 2.17. The molecule has 0 aliphatic carbocycles. The minimum absolute atomic E-state index is 0.0793. The average Bonchev–Trinajstić information content (AvgIpc) is 2.66. The molecule has 0 atom stereocenters. The van der Waals surface area contributed by atoms with Crippen molar-refractivity contribution >= 4 is 17.3 Å². The summed E-state index contributed by atoms with van der Waals surface area (Å²) >= 11 is 1.62. The quantitative estimate of drug-likeness (QED) is 0.820. The summed E-state index contributed by atoms with van der Waals surface area (Å²) in [6.45, 7) is 9.48. The average molecular weight is 256 g/mol. The molecule has 1 aromatic heterocycles. The van der Waals surface area contributed by atoms with Crippen molar-refractivity contribution in [2.75, 3.05) is 13.2 Å². The van der Waals surface area contributed by atoms with E-state index in [9.17, 15) is 4.79 Å². The summed E-state index contributed by atoms with van der Waals surface area (Å²) in [6.07, 6.45) is 0. The van der Waals surface area contributed by atoms with E-state index in [-0.39, 0.29) is 17.9 Å². The molecule has 1 rings (SSSR count). The van der Waals surface area contributed by atoms with Crippen LogP contribution in [0.15, 0.2) is 5.38 Å². The van der Waals surface area contributed by atoms with Crippen molar-refractivity contribution in [3.8, 4) is 0 Å². The largest absolute Gasteiger partial charge is 0.465 e. The fraction of sp³-hybridized carbons (Fsp3) is 0.667. The molecule has 4 nitrogen and oxygen atoms in total. The summed E-state index contributed by atoms with van der Waals surface area (Å²) in [6, 6.07) is 0. The third-order valence-electron chi connectivity index (χ3n) is 2.17. The van der Waals surface area contributed by atoms with Crippen LogP contribution in [0.4, 0.5) is 0 Å². The van der Waals surface area contributed by atoms with Gasteiger partial charge in [0, 0.05) is 17.3 Å². The van der Waals surface area contributed by atoms with Crippen molar-refractivity contribution < 1.29 is 9.53 Å². The van der Waals surface area contributed by atoms with Gasteiger partial charge in [-0.3, -0.25) is 4.79 Å². The molecule has 17 heavy (non-hydrogen) atoms. The Morgan fingerprint density at radius 2 is 2.24 bits per heavy atom. The smallest absolute Gasteiger partial charge is 0.319 e. The van der Waals surface area contributed by atoms with Gasteiger partial charge in [-0.15, -0.1) is 11.3 Å².